The lowest BCUT2D eigenvalue weighted by molar-refractivity contribution is -0.141. The van der Waals surface area contributed by atoms with E-state index < -0.39 is 0 Å². The number of rotatable bonds is 10. The first-order valence-electron chi connectivity index (χ1n) is 8.26. The van der Waals surface area contributed by atoms with Crippen LogP contribution in [0.2, 0.25) is 0 Å². The van der Waals surface area contributed by atoms with Crippen molar-refractivity contribution < 1.29 is 19.0 Å². The van der Waals surface area contributed by atoms with Crippen LogP contribution in [0, 0.1) is 0 Å². The number of anilines is 1. The SMILES string of the molecule is CCOC(=O)CNSc1ccc(CNc2ccc(OC)c(OC)c2)cc1. The van der Waals surface area contributed by atoms with Gasteiger partial charge in [0.2, 0.25) is 0 Å². The Balaban J connectivity index is 1.83. The quantitative estimate of drug-likeness (QED) is 0.486. The molecule has 140 valence electrons. The molecule has 0 heterocycles. The van der Waals surface area contributed by atoms with Crippen LogP contribution in [-0.4, -0.2) is 33.3 Å². The fourth-order valence-electron chi connectivity index (χ4n) is 2.22. The van der Waals surface area contributed by atoms with Crippen LogP contribution in [-0.2, 0) is 16.1 Å². The summed E-state index contributed by atoms with van der Waals surface area (Å²) in [6, 6.07) is 13.8. The molecule has 26 heavy (non-hydrogen) atoms. The summed E-state index contributed by atoms with van der Waals surface area (Å²) in [5, 5.41) is 3.36. The van der Waals surface area contributed by atoms with Gasteiger partial charge in [-0.2, -0.15) is 0 Å². The zero-order chi connectivity index (χ0) is 18.8. The maximum absolute atomic E-state index is 11.3. The Hall–Kier alpha value is -2.38. The summed E-state index contributed by atoms with van der Waals surface area (Å²) >= 11 is 1.41. The monoisotopic (exact) mass is 376 g/mol. The summed E-state index contributed by atoms with van der Waals surface area (Å²) in [6.45, 7) is 3.06. The lowest BCUT2D eigenvalue weighted by atomic mass is 10.2. The van der Waals surface area contributed by atoms with Gasteiger partial charge in [-0.3, -0.25) is 4.79 Å². The van der Waals surface area contributed by atoms with Crippen molar-refractivity contribution in [3.8, 4) is 11.5 Å². The van der Waals surface area contributed by atoms with Gasteiger partial charge in [0.25, 0.3) is 0 Å². The summed E-state index contributed by atoms with van der Waals surface area (Å²) in [4.78, 5) is 12.3. The predicted molar refractivity (Wildman–Crippen MR) is 104 cm³/mol. The van der Waals surface area contributed by atoms with E-state index in [4.69, 9.17) is 14.2 Å². The highest BCUT2D eigenvalue weighted by Gasteiger charge is 2.05. The van der Waals surface area contributed by atoms with Gasteiger partial charge in [0.1, 0.15) is 6.54 Å². The van der Waals surface area contributed by atoms with E-state index in [9.17, 15) is 4.79 Å². The highest BCUT2D eigenvalue weighted by molar-refractivity contribution is 7.97. The third kappa shape index (κ3) is 6.16. The Bertz CT molecular complexity index is 707. The molecule has 2 aromatic rings. The number of carbonyl (C=O) groups excluding carboxylic acids is 1. The second-order valence-corrected chi connectivity index (χ2v) is 6.26. The Morgan fingerprint density at radius 3 is 2.42 bits per heavy atom. The van der Waals surface area contributed by atoms with Crippen molar-refractivity contribution in [2.75, 3.05) is 32.7 Å². The molecule has 0 saturated carbocycles. The first kappa shape index (κ1) is 19.9. The Morgan fingerprint density at radius 1 is 1.04 bits per heavy atom. The second-order valence-electron chi connectivity index (χ2n) is 5.30. The maximum atomic E-state index is 11.3. The van der Waals surface area contributed by atoms with Gasteiger partial charge >= 0.3 is 5.97 Å². The third-order valence-electron chi connectivity index (χ3n) is 3.52. The number of methoxy groups -OCH3 is 2. The highest BCUT2D eigenvalue weighted by atomic mass is 32.2. The highest BCUT2D eigenvalue weighted by Crippen LogP contribution is 2.29. The van der Waals surface area contributed by atoms with Crippen molar-refractivity contribution >= 4 is 23.6 Å². The zero-order valence-electron chi connectivity index (χ0n) is 15.2. The molecule has 0 bridgehead atoms. The van der Waals surface area contributed by atoms with Crippen LogP contribution < -0.4 is 19.5 Å². The number of carbonyl (C=O) groups is 1. The van der Waals surface area contributed by atoms with Gasteiger partial charge in [0.15, 0.2) is 11.5 Å². The minimum atomic E-state index is -0.254. The van der Waals surface area contributed by atoms with E-state index >= 15 is 0 Å². The van der Waals surface area contributed by atoms with Crippen LogP contribution in [0.1, 0.15) is 12.5 Å². The molecule has 0 aliphatic carbocycles. The van der Waals surface area contributed by atoms with Crippen molar-refractivity contribution in [3.05, 3.63) is 48.0 Å². The summed E-state index contributed by atoms with van der Waals surface area (Å²) in [5.41, 5.74) is 2.10. The van der Waals surface area contributed by atoms with Gasteiger partial charge in [0, 0.05) is 23.2 Å². The van der Waals surface area contributed by atoms with Crippen molar-refractivity contribution in [1.82, 2.24) is 4.72 Å². The molecule has 2 rings (SSSR count). The molecule has 0 aliphatic rings. The Labute approximate surface area is 158 Å². The van der Waals surface area contributed by atoms with Crippen molar-refractivity contribution in [2.24, 2.45) is 0 Å². The molecule has 2 N–H and O–H groups in total. The number of hydrogen-bond acceptors (Lipinski definition) is 7. The molecular formula is C19H24N2O4S. The zero-order valence-corrected chi connectivity index (χ0v) is 16.0. The predicted octanol–water partition coefficient (Wildman–Crippen LogP) is 3.48. The molecule has 0 radical (unpaired) electrons. The fraction of sp³-hybridized carbons (Fsp3) is 0.316. The van der Waals surface area contributed by atoms with Crippen LogP contribution in [0.15, 0.2) is 47.4 Å². The Morgan fingerprint density at radius 2 is 1.77 bits per heavy atom. The molecule has 7 heteroatoms. The molecular weight excluding hydrogens is 352 g/mol. The summed E-state index contributed by atoms with van der Waals surface area (Å²) in [5.74, 6) is 1.14. The van der Waals surface area contributed by atoms with E-state index in [2.05, 4.69) is 10.0 Å². The molecule has 0 fully saturated rings. The second kappa shape index (κ2) is 10.6. The molecule has 6 nitrogen and oxygen atoms in total. The minimum Gasteiger partial charge on any atom is -0.493 e. The van der Waals surface area contributed by atoms with Gasteiger partial charge in [-0.25, -0.2) is 4.72 Å². The number of esters is 1. The normalized spacial score (nSPS) is 10.3. The fourth-order valence-corrected chi connectivity index (χ4v) is 2.84. The summed E-state index contributed by atoms with van der Waals surface area (Å²) in [7, 11) is 3.24. The molecule has 0 aliphatic heterocycles. The lowest BCUT2D eigenvalue weighted by Gasteiger charge is -2.11. The van der Waals surface area contributed by atoms with Crippen LogP contribution in [0.5, 0.6) is 11.5 Å². The standard InChI is InChI=1S/C19H24N2O4S/c1-4-25-19(22)13-21-26-16-8-5-14(6-9-16)12-20-15-7-10-17(23-2)18(11-15)24-3/h5-11,20-21H,4,12-13H2,1-3H3. The van der Waals surface area contributed by atoms with E-state index in [1.165, 1.54) is 11.9 Å². The number of nitrogens with one attached hydrogen (secondary N) is 2. The van der Waals surface area contributed by atoms with Crippen molar-refractivity contribution in [2.45, 2.75) is 18.4 Å². The summed E-state index contributed by atoms with van der Waals surface area (Å²) < 4.78 is 18.4. The first-order chi connectivity index (χ1) is 12.7. The van der Waals surface area contributed by atoms with Gasteiger partial charge in [-0.1, -0.05) is 12.1 Å². The van der Waals surface area contributed by atoms with Crippen LogP contribution in [0.25, 0.3) is 0 Å². The van der Waals surface area contributed by atoms with Gasteiger partial charge in [0.05, 0.1) is 20.8 Å². The van der Waals surface area contributed by atoms with Crippen LogP contribution >= 0.6 is 11.9 Å². The van der Waals surface area contributed by atoms with Gasteiger partial charge in [-0.15, -0.1) is 0 Å². The van der Waals surface area contributed by atoms with Crippen molar-refractivity contribution in [3.63, 3.8) is 0 Å². The molecule has 2 aromatic carbocycles. The van der Waals surface area contributed by atoms with E-state index in [0.717, 1.165) is 16.1 Å². The smallest absolute Gasteiger partial charge is 0.320 e. The van der Waals surface area contributed by atoms with Gasteiger partial charge in [-0.05, 0) is 48.7 Å². The molecule has 0 atom stereocenters. The molecule has 0 amide bonds. The topological polar surface area (TPSA) is 68.8 Å². The molecule has 0 spiro atoms. The summed E-state index contributed by atoms with van der Waals surface area (Å²) in [6.07, 6.45) is 0. The van der Waals surface area contributed by atoms with Crippen molar-refractivity contribution in [1.29, 1.82) is 0 Å². The average Bonchev–Trinajstić information content (AvgIpc) is 2.67. The maximum Gasteiger partial charge on any atom is 0.320 e. The number of hydrogen-bond donors (Lipinski definition) is 2. The largest absolute Gasteiger partial charge is 0.493 e. The van der Waals surface area contributed by atoms with Crippen LogP contribution in [0.3, 0.4) is 0 Å². The molecule has 0 aromatic heterocycles. The van der Waals surface area contributed by atoms with E-state index in [1.807, 2.05) is 42.5 Å². The molecule has 0 unspecified atom stereocenters. The van der Waals surface area contributed by atoms with Crippen LogP contribution in [0.4, 0.5) is 5.69 Å². The number of benzene rings is 2. The molecule has 0 saturated heterocycles. The van der Waals surface area contributed by atoms with Gasteiger partial charge < -0.3 is 19.5 Å². The van der Waals surface area contributed by atoms with E-state index in [1.54, 1.807) is 21.1 Å². The average molecular weight is 376 g/mol. The lowest BCUT2D eigenvalue weighted by Crippen LogP contribution is -2.19. The first-order valence-corrected chi connectivity index (χ1v) is 9.08. The Kier molecular flexibility index (Phi) is 8.11. The van der Waals surface area contributed by atoms with E-state index in [-0.39, 0.29) is 12.5 Å². The minimum absolute atomic E-state index is 0.182. The third-order valence-corrected chi connectivity index (χ3v) is 4.31. The number of ether oxygens (including phenoxy) is 3. The van der Waals surface area contributed by atoms with E-state index in [0.29, 0.717) is 24.7 Å².